The van der Waals surface area contributed by atoms with Crippen LogP contribution in [0.2, 0.25) is 0 Å². The zero-order valence-electron chi connectivity index (χ0n) is 34.7. The summed E-state index contributed by atoms with van der Waals surface area (Å²) < 4.78 is 7.33. The van der Waals surface area contributed by atoms with E-state index in [1.165, 1.54) is 76.4 Å². The number of fused-ring (bicyclic) bond motifs is 12. The fraction of sp³-hybridized carbons (Fsp3) is 0. The molecular formula is C59H37BN4. The molecule has 0 saturated heterocycles. The third-order valence-corrected chi connectivity index (χ3v) is 13.7. The van der Waals surface area contributed by atoms with E-state index < -0.39 is 0 Å². The number of pyridine rings is 1. The van der Waals surface area contributed by atoms with Crippen LogP contribution in [0.1, 0.15) is 0 Å². The van der Waals surface area contributed by atoms with Crippen LogP contribution in [0.3, 0.4) is 0 Å². The molecule has 4 nitrogen and oxygen atoms in total. The maximum absolute atomic E-state index is 5.84. The molecule has 5 heterocycles. The van der Waals surface area contributed by atoms with Crippen LogP contribution in [0.15, 0.2) is 224 Å². The van der Waals surface area contributed by atoms with Gasteiger partial charge >= 0.3 is 0 Å². The summed E-state index contributed by atoms with van der Waals surface area (Å²) in [6, 6.07) is 82.1. The summed E-state index contributed by atoms with van der Waals surface area (Å²) in [7, 11) is 0. The Morgan fingerprint density at radius 2 is 0.672 bits per heavy atom. The highest BCUT2D eigenvalue weighted by atomic mass is 15.0. The second-order valence-electron chi connectivity index (χ2n) is 17.1. The van der Waals surface area contributed by atoms with Crippen molar-refractivity contribution in [2.24, 2.45) is 0 Å². The van der Waals surface area contributed by atoms with Gasteiger partial charge in [0.05, 0.1) is 44.5 Å². The highest BCUT2D eigenvalue weighted by molar-refractivity contribution is 6.98. The average molecular weight is 813 g/mol. The number of aromatic nitrogens is 4. The Balaban J connectivity index is 1.11. The lowest BCUT2D eigenvalue weighted by atomic mass is 9.40. The molecule has 9 aromatic carbocycles. The molecule has 0 radical (unpaired) electrons. The molecular weight excluding hydrogens is 775 g/mol. The lowest BCUT2D eigenvalue weighted by Crippen LogP contribution is -2.50. The second-order valence-corrected chi connectivity index (χ2v) is 17.1. The smallest absolute Gasteiger partial charge is 0.266 e. The molecule has 0 aliphatic carbocycles. The topological polar surface area (TPSA) is 27.7 Å². The second kappa shape index (κ2) is 13.5. The van der Waals surface area contributed by atoms with Crippen molar-refractivity contribution in [1.29, 1.82) is 0 Å². The van der Waals surface area contributed by atoms with E-state index in [-0.39, 0.29) is 6.71 Å². The molecule has 0 unspecified atom stereocenters. The number of hydrogen-bond acceptors (Lipinski definition) is 1. The van der Waals surface area contributed by atoms with Crippen LogP contribution in [0.4, 0.5) is 0 Å². The van der Waals surface area contributed by atoms with Crippen LogP contribution in [-0.2, 0) is 0 Å². The number of para-hydroxylation sites is 6. The molecule has 0 amide bonds. The fourth-order valence-electron chi connectivity index (χ4n) is 11.1. The van der Waals surface area contributed by atoms with Gasteiger partial charge in [0, 0.05) is 54.8 Å². The van der Waals surface area contributed by atoms with Crippen molar-refractivity contribution in [3.63, 3.8) is 0 Å². The van der Waals surface area contributed by atoms with Gasteiger partial charge in [0.15, 0.2) is 0 Å². The summed E-state index contributed by atoms with van der Waals surface area (Å²) >= 11 is 0. The average Bonchev–Trinajstić information content (AvgIpc) is 4.09. The Morgan fingerprint density at radius 1 is 0.297 bits per heavy atom. The van der Waals surface area contributed by atoms with Gasteiger partial charge in [-0.25, -0.2) is 0 Å². The van der Waals surface area contributed by atoms with Crippen molar-refractivity contribution in [3.05, 3.63) is 224 Å². The lowest BCUT2D eigenvalue weighted by Gasteiger charge is -2.20. The minimum absolute atomic E-state index is 0.0484. The maximum atomic E-state index is 5.84. The predicted octanol–water partition coefficient (Wildman–Crippen LogP) is 12.5. The van der Waals surface area contributed by atoms with Gasteiger partial charge < -0.3 is 13.7 Å². The van der Waals surface area contributed by atoms with E-state index in [4.69, 9.17) is 4.98 Å². The molecule has 1 aliphatic heterocycles. The van der Waals surface area contributed by atoms with Crippen molar-refractivity contribution in [3.8, 4) is 39.4 Å². The molecule has 5 heteroatoms. The molecule has 4 aromatic heterocycles. The molecule has 64 heavy (non-hydrogen) atoms. The van der Waals surface area contributed by atoms with Crippen molar-refractivity contribution >= 4 is 88.6 Å². The minimum Gasteiger partial charge on any atom is -0.309 e. The number of benzene rings is 9. The van der Waals surface area contributed by atoms with Crippen molar-refractivity contribution in [2.75, 3.05) is 0 Å². The number of nitrogens with zero attached hydrogens (tertiary/aromatic N) is 4. The van der Waals surface area contributed by atoms with Crippen LogP contribution >= 0.6 is 0 Å². The molecule has 0 fully saturated rings. The monoisotopic (exact) mass is 812 g/mol. The summed E-state index contributed by atoms with van der Waals surface area (Å²) in [5.74, 6) is 0. The molecule has 0 spiro atoms. The van der Waals surface area contributed by atoms with Crippen LogP contribution < -0.4 is 16.5 Å². The standard InChI is InChI=1S/C59H37BN4/c1-9-25-49-40(17-1)41-18-2-10-26-50(41)60(49)59-37-39(63-54-29-13-5-21-44(54)45-22-6-14-30-55(45)63)35-51(61-59)48-34-33-38(62-52-27-11-3-19-42(52)43-20-4-12-28-53(43)62)36-58(48)64-56-31-15-7-23-46(56)47-24-8-16-32-57(47)64/h1-37H. The molecule has 14 rings (SSSR count). The van der Waals surface area contributed by atoms with Crippen LogP contribution in [0.5, 0.6) is 0 Å². The van der Waals surface area contributed by atoms with Gasteiger partial charge in [0.2, 0.25) is 0 Å². The van der Waals surface area contributed by atoms with Crippen molar-refractivity contribution in [2.45, 2.75) is 0 Å². The summed E-state index contributed by atoms with van der Waals surface area (Å²) in [5, 5.41) is 7.38. The van der Waals surface area contributed by atoms with Crippen LogP contribution in [0, 0.1) is 0 Å². The minimum atomic E-state index is -0.0484. The first kappa shape index (κ1) is 35.2. The highest BCUT2D eigenvalue weighted by Gasteiger charge is 2.35. The molecule has 0 saturated carbocycles. The normalized spacial score (nSPS) is 12.3. The molecule has 296 valence electrons. The lowest BCUT2D eigenvalue weighted by molar-refractivity contribution is 1.13. The molecule has 13 aromatic rings. The van der Waals surface area contributed by atoms with Gasteiger partial charge in [0.25, 0.3) is 6.71 Å². The summed E-state index contributed by atoms with van der Waals surface area (Å²) in [5.41, 5.74) is 18.4. The first-order chi connectivity index (χ1) is 31.8. The fourth-order valence-corrected chi connectivity index (χ4v) is 11.1. The summed E-state index contributed by atoms with van der Waals surface area (Å²) in [4.78, 5) is 5.84. The Kier molecular flexibility index (Phi) is 7.45. The predicted molar refractivity (Wildman–Crippen MR) is 269 cm³/mol. The SMILES string of the molecule is c1ccc2c(c1)B(c1cc(-n3c4ccccc4c4ccccc43)cc(-c3ccc(-n4c5ccccc5c5ccccc54)cc3-n3c4ccccc4c4ccccc43)n1)c1ccccc1-2. The molecule has 0 N–H and O–H groups in total. The molecule has 0 atom stereocenters. The van der Waals surface area contributed by atoms with Gasteiger partial charge in [-0.05, 0) is 77.9 Å². The Labute approximate surface area is 369 Å². The maximum Gasteiger partial charge on any atom is 0.266 e. The van der Waals surface area contributed by atoms with Crippen LogP contribution in [0.25, 0.3) is 105 Å². The van der Waals surface area contributed by atoms with Crippen LogP contribution in [-0.4, -0.2) is 25.4 Å². The zero-order valence-corrected chi connectivity index (χ0v) is 34.7. The van der Waals surface area contributed by atoms with Gasteiger partial charge in [-0.15, -0.1) is 0 Å². The molecule has 0 bridgehead atoms. The van der Waals surface area contributed by atoms with E-state index in [2.05, 4.69) is 238 Å². The summed E-state index contributed by atoms with van der Waals surface area (Å²) in [6.07, 6.45) is 0. The van der Waals surface area contributed by atoms with Gasteiger partial charge in [0.1, 0.15) is 0 Å². The third-order valence-electron chi connectivity index (χ3n) is 13.7. The molecule has 1 aliphatic rings. The van der Waals surface area contributed by atoms with Crippen molar-refractivity contribution < 1.29 is 0 Å². The number of hydrogen-bond donors (Lipinski definition) is 0. The largest absolute Gasteiger partial charge is 0.309 e. The first-order valence-electron chi connectivity index (χ1n) is 22.1. The third kappa shape index (κ3) is 4.98. The quantitative estimate of drug-likeness (QED) is 0.159. The van der Waals surface area contributed by atoms with E-state index >= 15 is 0 Å². The van der Waals surface area contributed by atoms with E-state index in [1.807, 2.05) is 0 Å². The Bertz CT molecular complexity index is 3850. The summed E-state index contributed by atoms with van der Waals surface area (Å²) in [6.45, 7) is -0.0484. The zero-order chi connectivity index (χ0) is 41.9. The van der Waals surface area contributed by atoms with E-state index in [0.717, 1.165) is 44.9 Å². The number of rotatable bonds is 5. The van der Waals surface area contributed by atoms with E-state index in [0.29, 0.717) is 0 Å². The van der Waals surface area contributed by atoms with Gasteiger partial charge in [-0.3, -0.25) is 4.98 Å². The highest BCUT2D eigenvalue weighted by Crippen LogP contribution is 2.40. The van der Waals surface area contributed by atoms with Crippen molar-refractivity contribution in [1.82, 2.24) is 18.7 Å². The van der Waals surface area contributed by atoms with Gasteiger partial charge in [-0.1, -0.05) is 169 Å². The van der Waals surface area contributed by atoms with E-state index in [9.17, 15) is 0 Å². The van der Waals surface area contributed by atoms with E-state index in [1.54, 1.807) is 0 Å². The first-order valence-corrected chi connectivity index (χ1v) is 22.1. The Morgan fingerprint density at radius 3 is 1.12 bits per heavy atom. The van der Waals surface area contributed by atoms with Gasteiger partial charge in [-0.2, -0.15) is 0 Å². The Hall–Kier alpha value is -8.41.